The number of hydrogen-bond acceptors (Lipinski definition) is 6. The molecule has 0 unspecified atom stereocenters. The standard InChI is InChI=1S/C22H18Cl2N2O3.C22H19ClN2O3/c1-13-5-2-3-6-16(13)19(10-20(27)28)26-22(29)15-9-14(11-25-12-15)17-7-4-8-18(23)21(17)24;1-14-6-2-3-7-17(14)20(11-21(26)27)25-22(28)16-10-15(12-24-13-16)18-8-4-5-9-19(18)23/h2-9,11-12,19H,10H2,1H3,(H,26,29)(H,27,28);2-10,12-13,20H,11H2,1H3,(H,25,28)(H,26,27)/t19-;20-/m00/s1. The zero-order valence-electron chi connectivity index (χ0n) is 30.7. The lowest BCUT2D eigenvalue weighted by molar-refractivity contribution is -0.138. The van der Waals surface area contributed by atoms with Crippen molar-refractivity contribution in [1.29, 1.82) is 0 Å². The van der Waals surface area contributed by atoms with Crippen LogP contribution in [0.25, 0.3) is 22.3 Å². The second-order valence-electron chi connectivity index (χ2n) is 13.0. The molecule has 4 aromatic carbocycles. The third-order valence-electron chi connectivity index (χ3n) is 8.94. The van der Waals surface area contributed by atoms with Crippen LogP contribution in [0.2, 0.25) is 15.1 Å². The number of carbonyl (C=O) groups is 4. The Morgan fingerprint density at radius 2 is 0.982 bits per heavy atom. The topological polar surface area (TPSA) is 159 Å². The Kier molecular flexibility index (Phi) is 14.5. The first-order valence-corrected chi connectivity index (χ1v) is 18.7. The summed E-state index contributed by atoms with van der Waals surface area (Å²) in [7, 11) is 0. The van der Waals surface area contributed by atoms with E-state index in [2.05, 4.69) is 20.6 Å². The fourth-order valence-corrected chi connectivity index (χ4v) is 6.76. The van der Waals surface area contributed by atoms with E-state index < -0.39 is 35.8 Å². The van der Waals surface area contributed by atoms with Crippen molar-refractivity contribution >= 4 is 58.6 Å². The summed E-state index contributed by atoms with van der Waals surface area (Å²) in [5, 5.41) is 25.5. The lowest BCUT2D eigenvalue weighted by Crippen LogP contribution is -2.30. The number of carboxylic acid groups (broad SMARTS) is 2. The van der Waals surface area contributed by atoms with Gasteiger partial charge in [0, 0.05) is 52.1 Å². The molecule has 10 nitrogen and oxygen atoms in total. The van der Waals surface area contributed by atoms with Crippen molar-refractivity contribution < 1.29 is 29.4 Å². The highest BCUT2D eigenvalue weighted by Gasteiger charge is 2.22. The number of aliphatic carboxylic acids is 2. The van der Waals surface area contributed by atoms with Crippen LogP contribution >= 0.6 is 34.8 Å². The maximum absolute atomic E-state index is 12.9. The van der Waals surface area contributed by atoms with Crippen LogP contribution in [0, 0.1) is 13.8 Å². The molecule has 2 amide bonds. The van der Waals surface area contributed by atoms with E-state index in [0.717, 1.165) is 27.8 Å². The fraction of sp³-hybridized carbons (Fsp3) is 0.136. The van der Waals surface area contributed by atoms with Crippen LogP contribution in [-0.4, -0.2) is 43.9 Å². The van der Waals surface area contributed by atoms with Crippen LogP contribution in [0.5, 0.6) is 0 Å². The van der Waals surface area contributed by atoms with Gasteiger partial charge >= 0.3 is 11.9 Å². The van der Waals surface area contributed by atoms with Gasteiger partial charge < -0.3 is 20.8 Å². The van der Waals surface area contributed by atoms with Gasteiger partial charge in [-0.15, -0.1) is 0 Å². The summed E-state index contributed by atoms with van der Waals surface area (Å²) < 4.78 is 0. The van der Waals surface area contributed by atoms with Crippen LogP contribution in [-0.2, 0) is 9.59 Å². The van der Waals surface area contributed by atoms with Crippen molar-refractivity contribution in [2.24, 2.45) is 0 Å². The predicted molar refractivity (Wildman–Crippen MR) is 222 cm³/mol. The van der Waals surface area contributed by atoms with Gasteiger partial charge in [-0.05, 0) is 60.4 Å². The van der Waals surface area contributed by atoms with E-state index in [1.165, 1.54) is 12.4 Å². The molecule has 0 aliphatic rings. The molecular weight excluding hydrogens is 787 g/mol. The van der Waals surface area contributed by atoms with E-state index in [1.54, 1.807) is 48.8 Å². The molecule has 0 fully saturated rings. The summed E-state index contributed by atoms with van der Waals surface area (Å²) in [6.07, 6.45) is 5.65. The van der Waals surface area contributed by atoms with Crippen molar-refractivity contribution in [3.8, 4) is 22.3 Å². The molecule has 0 spiro atoms. The molecule has 6 rings (SSSR count). The van der Waals surface area contributed by atoms with E-state index in [9.17, 15) is 29.4 Å². The number of benzene rings is 4. The number of halogens is 3. The molecule has 0 aliphatic heterocycles. The molecule has 2 heterocycles. The van der Waals surface area contributed by atoms with Gasteiger partial charge in [0.1, 0.15) is 0 Å². The Morgan fingerprint density at radius 3 is 1.46 bits per heavy atom. The molecule has 290 valence electrons. The smallest absolute Gasteiger partial charge is 0.305 e. The largest absolute Gasteiger partial charge is 0.481 e. The van der Waals surface area contributed by atoms with Gasteiger partial charge in [-0.2, -0.15) is 0 Å². The number of nitrogens with zero attached hydrogens (tertiary/aromatic N) is 2. The van der Waals surface area contributed by atoms with Gasteiger partial charge in [-0.3, -0.25) is 29.1 Å². The third kappa shape index (κ3) is 11.3. The van der Waals surface area contributed by atoms with Gasteiger partial charge in [-0.25, -0.2) is 0 Å². The normalized spacial score (nSPS) is 11.7. The van der Waals surface area contributed by atoms with Crippen LogP contribution in [0.15, 0.2) is 128 Å². The van der Waals surface area contributed by atoms with E-state index in [1.807, 2.05) is 80.6 Å². The van der Waals surface area contributed by atoms with E-state index in [0.29, 0.717) is 42.9 Å². The second kappa shape index (κ2) is 19.7. The highest BCUT2D eigenvalue weighted by Crippen LogP contribution is 2.34. The highest BCUT2D eigenvalue weighted by atomic mass is 35.5. The minimum Gasteiger partial charge on any atom is -0.481 e. The number of nitrogens with one attached hydrogen (secondary N) is 2. The van der Waals surface area contributed by atoms with Crippen LogP contribution in [0.4, 0.5) is 0 Å². The SMILES string of the molecule is Cc1ccccc1[C@H](CC(=O)O)NC(=O)c1cncc(-c2cccc(Cl)c2Cl)c1.Cc1ccccc1[C@H](CC(=O)O)NC(=O)c1cncc(-c2ccccc2Cl)c1. The number of pyridine rings is 2. The maximum Gasteiger partial charge on any atom is 0.305 e. The Morgan fingerprint density at radius 1 is 0.561 bits per heavy atom. The first kappa shape index (κ1) is 42.1. The number of hydrogen-bond donors (Lipinski definition) is 4. The Bertz CT molecular complexity index is 2420. The van der Waals surface area contributed by atoms with E-state index >= 15 is 0 Å². The molecule has 57 heavy (non-hydrogen) atoms. The summed E-state index contributed by atoms with van der Waals surface area (Å²) >= 11 is 18.6. The predicted octanol–water partition coefficient (Wildman–Crippen LogP) is 9.97. The van der Waals surface area contributed by atoms with E-state index in [-0.39, 0.29) is 12.8 Å². The minimum absolute atomic E-state index is 0.214. The lowest BCUT2D eigenvalue weighted by Gasteiger charge is -2.19. The van der Waals surface area contributed by atoms with Crippen molar-refractivity contribution in [3.05, 3.63) is 176 Å². The van der Waals surface area contributed by atoms with Crippen molar-refractivity contribution in [1.82, 2.24) is 20.6 Å². The fourth-order valence-electron chi connectivity index (χ4n) is 6.11. The Balaban J connectivity index is 0.000000218. The monoisotopic (exact) mass is 822 g/mol. The number of amides is 2. The molecule has 2 atom stereocenters. The molecule has 0 saturated heterocycles. The van der Waals surface area contributed by atoms with Crippen LogP contribution in [0.1, 0.15) is 67.9 Å². The first-order valence-electron chi connectivity index (χ1n) is 17.6. The molecule has 13 heteroatoms. The quantitative estimate of drug-likeness (QED) is 0.0950. The van der Waals surface area contributed by atoms with Gasteiger partial charge in [0.2, 0.25) is 0 Å². The molecular formula is C44H37Cl3N4O6. The summed E-state index contributed by atoms with van der Waals surface area (Å²) in [6, 6.07) is 29.3. The molecule has 0 saturated carbocycles. The summed E-state index contributed by atoms with van der Waals surface area (Å²) in [5.74, 6) is -2.81. The third-order valence-corrected chi connectivity index (χ3v) is 10.1. The number of aromatic nitrogens is 2. The summed E-state index contributed by atoms with van der Waals surface area (Å²) in [4.78, 5) is 56.6. The Labute approximate surface area is 344 Å². The van der Waals surface area contributed by atoms with Crippen molar-refractivity contribution in [2.45, 2.75) is 38.8 Å². The Hall–Kier alpha value is -6.07. The van der Waals surface area contributed by atoms with Gasteiger partial charge in [0.25, 0.3) is 11.8 Å². The van der Waals surface area contributed by atoms with Gasteiger partial charge in [-0.1, -0.05) is 114 Å². The van der Waals surface area contributed by atoms with Gasteiger partial charge in [0.15, 0.2) is 0 Å². The molecule has 2 aromatic heterocycles. The van der Waals surface area contributed by atoms with Crippen LogP contribution in [0.3, 0.4) is 0 Å². The maximum atomic E-state index is 12.9. The molecule has 0 radical (unpaired) electrons. The zero-order valence-corrected chi connectivity index (χ0v) is 33.0. The number of carboxylic acids is 2. The highest BCUT2D eigenvalue weighted by molar-refractivity contribution is 6.43. The minimum atomic E-state index is -1.00. The zero-order chi connectivity index (χ0) is 41.1. The molecule has 0 aliphatic carbocycles. The molecule has 4 N–H and O–H groups in total. The average Bonchev–Trinajstić information content (AvgIpc) is 3.19. The summed E-state index contributed by atoms with van der Waals surface area (Å²) in [6.45, 7) is 3.76. The lowest BCUT2D eigenvalue weighted by atomic mass is 9.98. The van der Waals surface area contributed by atoms with Gasteiger partial charge in [0.05, 0.1) is 46.1 Å². The average molecular weight is 824 g/mol. The second-order valence-corrected chi connectivity index (χ2v) is 14.2. The number of rotatable bonds is 12. The van der Waals surface area contributed by atoms with Crippen molar-refractivity contribution in [3.63, 3.8) is 0 Å². The first-order chi connectivity index (χ1) is 27.3. The number of aryl methyl sites for hydroxylation is 2. The molecule has 0 bridgehead atoms. The van der Waals surface area contributed by atoms with Crippen molar-refractivity contribution in [2.75, 3.05) is 0 Å². The van der Waals surface area contributed by atoms with E-state index in [4.69, 9.17) is 34.8 Å². The van der Waals surface area contributed by atoms with Crippen LogP contribution < -0.4 is 10.6 Å². The number of carbonyl (C=O) groups excluding carboxylic acids is 2. The molecule has 6 aromatic rings. The summed E-state index contributed by atoms with van der Waals surface area (Å²) in [5.41, 5.74) is 6.74.